The van der Waals surface area contributed by atoms with Gasteiger partial charge >= 0.3 is 6.18 Å². The Balaban J connectivity index is 2.20. The number of aliphatic hydroxyl groups is 1. The summed E-state index contributed by atoms with van der Waals surface area (Å²) < 4.78 is 42.1. The first-order valence-corrected chi connectivity index (χ1v) is 5.54. The summed E-state index contributed by atoms with van der Waals surface area (Å²) in [6.07, 6.45) is -4.79. The maximum atomic E-state index is 12.4. The normalized spacial score (nSPS) is 13.5. The number of benzene rings is 1. The highest BCUT2D eigenvalue weighted by Crippen LogP contribution is 2.30. The molecule has 7 heteroatoms. The summed E-state index contributed by atoms with van der Waals surface area (Å²) in [5.41, 5.74) is -0.308. The topological polar surface area (TPSA) is 59.2 Å². The van der Waals surface area contributed by atoms with Gasteiger partial charge in [-0.1, -0.05) is 17.3 Å². The largest absolute Gasteiger partial charge is 0.416 e. The fraction of sp³-hybridized carbons (Fsp3) is 0.333. The van der Waals surface area contributed by atoms with Gasteiger partial charge in [0.15, 0.2) is 0 Å². The Morgan fingerprint density at radius 1 is 1.26 bits per heavy atom. The van der Waals surface area contributed by atoms with E-state index < -0.39 is 17.8 Å². The standard InChI is InChI=1S/C12H11F3N2O2/c1-7(18)6-10-16-11(17-19-10)8-2-4-9(5-3-8)12(13,14)15/h2-5,7,18H,6H2,1H3. The van der Waals surface area contributed by atoms with Gasteiger partial charge in [-0.3, -0.25) is 0 Å². The molecule has 19 heavy (non-hydrogen) atoms. The highest BCUT2D eigenvalue weighted by molar-refractivity contribution is 5.54. The molecule has 2 aromatic rings. The van der Waals surface area contributed by atoms with Crippen molar-refractivity contribution in [1.82, 2.24) is 10.1 Å². The molecule has 0 saturated heterocycles. The molecule has 1 heterocycles. The van der Waals surface area contributed by atoms with Crippen LogP contribution >= 0.6 is 0 Å². The highest BCUT2D eigenvalue weighted by atomic mass is 19.4. The second kappa shape index (κ2) is 5.00. The van der Waals surface area contributed by atoms with E-state index in [0.29, 0.717) is 5.56 Å². The number of rotatable bonds is 3. The molecule has 2 rings (SSSR count). The number of halogens is 3. The van der Waals surface area contributed by atoms with Crippen molar-refractivity contribution >= 4 is 0 Å². The number of aliphatic hydroxyl groups excluding tert-OH is 1. The van der Waals surface area contributed by atoms with Crippen LogP contribution in [0.1, 0.15) is 18.4 Å². The van der Waals surface area contributed by atoms with Crippen molar-refractivity contribution in [3.8, 4) is 11.4 Å². The molecule has 1 aromatic carbocycles. The fourth-order valence-corrected chi connectivity index (χ4v) is 1.52. The molecule has 0 fully saturated rings. The molecule has 1 atom stereocenters. The second-order valence-electron chi connectivity index (χ2n) is 4.14. The van der Waals surface area contributed by atoms with Gasteiger partial charge in [0.1, 0.15) is 0 Å². The fourth-order valence-electron chi connectivity index (χ4n) is 1.52. The zero-order valence-corrected chi connectivity index (χ0v) is 9.98. The van der Waals surface area contributed by atoms with E-state index in [0.717, 1.165) is 12.1 Å². The Bertz CT molecular complexity index is 547. The van der Waals surface area contributed by atoms with Gasteiger partial charge in [-0.05, 0) is 19.1 Å². The monoisotopic (exact) mass is 272 g/mol. The number of hydrogen-bond donors (Lipinski definition) is 1. The van der Waals surface area contributed by atoms with Crippen LogP contribution in [0, 0.1) is 0 Å². The van der Waals surface area contributed by atoms with Crippen molar-refractivity contribution in [1.29, 1.82) is 0 Å². The van der Waals surface area contributed by atoms with Gasteiger partial charge in [0.05, 0.1) is 18.1 Å². The number of hydrogen-bond acceptors (Lipinski definition) is 4. The van der Waals surface area contributed by atoms with E-state index in [-0.39, 0.29) is 18.1 Å². The maximum absolute atomic E-state index is 12.4. The summed E-state index contributed by atoms with van der Waals surface area (Å²) >= 11 is 0. The van der Waals surface area contributed by atoms with E-state index in [2.05, 4.69) is 10.1 Å². The molecule has 4 nitrogen and oxygen atoms in total. The maximum Gasteiger partial charge on any atom is 0.416 e. The molecule has 0 aliphatic heterocycles. The summed E-state index contributed by atoms with van der Waals surface area (Å²) in [6.45, 7) is 1.57. The Kier molecular flexibility index (Phi) is 3.57. The van der Waals surface area contributed by atoms with Crippen molar-refractivity contribution in [3.05, 3.63) is 35.7 Å². The van der Waals surface area contributed by atoms with E-state index >= 15 is 0 Å². The van der Waals surface area contributed by atoms with Gasteiger partial charge in [-0.25, -0.2) is 0 Å². The molecule has 1 unspecified atom stereocenters. The van der Waals surface area contributed by atoms with Crippen LogP contribution in [0.2, 0.25) is 0 Å². The summed E-state index contributed by atoms with van der Waals surface area (Å²) in [4.78, 5) is 3.99. The molecule has 0 aliphatic rings. The zero-order valence-electron chi connectivity index (χ0n) is 9.98. The van der Waals surface area contributed by atoms with Crippen molar-refractivity contribution in [2.24, 2.45) is 0 Å². The first-order valence-electron chi connectivity index (χ1n) is 5.54. The minimum Gasteiger partial charge on any atom is -0.393 e. The third-order valence-electron chi connectivity index (χ3n) is 2.41. The molecular formula is C12H11F3N2O2. The predicted octanol–water partition coefficient (Wildman–Crippen LogP) is 2.68. The quantitative estimate of drug-likeness (QED) is 0.933. The summed E-state index contributed by atoms with van der Waals surface area (Å²) in [6, 6.07) is 4.47. The van der Waals surface area contributed by atoms with Crippen LogP contribution in [-0.2, 0) is 12.6 Å². The summed E-state index contributed by atoms with van der Waals surface area (Å²) in [5.74, 6) is 0.439. The Morgan fingerprint density at radius 3 is 2.42 bits per heavy atom. The van der Waals surface area contributed by atoms with Gasteiger partial charge in [0, 0.05) is 5.56 Å². The molecule has 1 N–H and O–H groups in total. The van der Waals surface area contributed by atoms with Gasteiger partial charge in [0.25, 0.3) is 0 Å². The van der Waals surface area contributed by atoms with Crippen LogP contribution in [0.15, 0.2) is 28.8 Å². The minimum atomic E-state index is -4.37. The van der Waals surface area contributed by atoms with E-state index in [9.17, 15) is 13.2 Å². The average molecular weight is 272 g/mol. The summed E-state index contributed by atoms with van der Waals surface area (Å²) in [5, 5.41) is 12.8. The van der Waals surface area contributed by atoms with Gasteiger partial charge in [-0.2, -0.15) is 18.2 Å². The molecule has 0 spiro atoms. The van der Waals surface area contributed by atoms with Crippen LogP contribution in [0.4, 0.5) is 13.2 Å². The summed E-state index contributed by atoms with van der Waals surface area (Å²) in [7, 11) is 0. The third kappa shape index (κ3) is 3.31. The van der Waals surface area contributed by atoms with Gasteiger partial charge < -0.3 is 9.63 Å². The van der Waals surface area contributed by atoms with Crippen LogP contribution < -0.4 is 0 Å². The van der Waals surface area contributed by atoms with Gasteiger partial charge in [-0.15, -0.1) is 0 Å². The molecule has 1 aromatic heterocycles. The molecule has 0 aliphatic carbocycles. The SMILES string of the molecule is CC(O)Cc1nc(-c2ccc(C(F)(F)F)cc2)no1. The van der Waals surface area contributed by atoms with Gasteiger partial charge in [0.2, 0.25) is 11.7 Å². The smallest absolute Gasteiger partial charge is 0.393 e. The molecule has 0 radical (unpaired) electrons. The lowest BCUT2D eigenvalue weighted by atomic mass is 10.1. The first kappa shape index (κ1) is 13.5. The predicted molar refractivity (Wildman–Crippen MR) is 60.1 cm³/mol. The third-order valence-corrected chi connectivity index (χ3v) is 2.41. The van der Waals surface area contributed by atoms with Crippen molar-refractivity contribution in [2.75, 3.05) is 0 Å². The average Bonchev–Trinajstić information content (AvgIpc) is 2.75. The number of alkyl halides is 3. The van der Waals surface area contributed by atoms with Crippen LogP contribution in [-0.4, -0.2) is 21.4 Å². The molecule has 0 amide bonds. The molecule has 0 saturated carbocycles. The van der Waals surface area contributed by atoms with Crippen molar-refractivity contribution in [3.63, 3.8) is 0 Å². The van der Waals surface area contributed by atoms with Crippen LogP contribution in [0.25, 0.3) is 11.4 Å². The number of nitrogens with zero attached hydrogens (tertiary/aromatic N) is 2. The molecule has 0 bridgehead atoms. The number of aromatic nitrogens is 2. The van der Waals surface area contributed by atoms with Crippen molar-refractivity contribution < 1.29 is 22.8 Å². The van der Waals surface area contributed by atoms with E-state index in [1.165, 1.54) is 12.1 Å². The Morgan fingerprint density at radius 2 is 1.89 bits per heavy atom. The van der Waals surface area contributed by atoms with E-state index in [1.54, 1.807) is 6.92 Å². The molecular weight excluding hydrogens is 261 g/mol. The van der Waals surface area contributed by atoms with E-state index in [4.69, 9.17) is 9.63 Å². The highest BCUT2D eigenvalue weighted by Gasteiger charge is 2.30. The van der Waals surface area contributed by atoms with Crippen molar-refractivity contribution in [2.45, 2.75) is 25.6 Å². The lowest BCUT2D eigenvalue weighted by molar-refractivity contribution is -0.137. The Labute approximate surface area is 106 Å². The molecule has 102 valence electrons. The van der Waals surface area contributed by atoms with Crippen LogP contribution in [0.3, 0.4) is 0 Å². The van der Waals surface area contributed by atoms with E-state index in [1.807, 2.05) is 0 Å². The lowest BCUT2D eigenvalue weighted by Gasteiger charge is -2.05. The zero-order chi connectivity index (χ0) is 14.0. The lowest BCUT2D eigenvalue weighted by Crippen LogP contribution is -2.04. The second-order valence-corrected chi connectivity index (χ2v) is 4.14. The van der Waals surface area contributed by atoms with Crippen LogP contribution in [0.5, 0.6) is 0 Å². The Hall–Kier alpha value is -1.89. The minimum absolute atomic E-state index is 0.198. The first-order chi connectivity index (χ1) is 8.86.